The molecule has 0 radical (unpaired) electrons. The van der Waals surface area contributed by atoms with Gasteiger partial charge in [0.25, 0.3) is 0 Å². The number of piperidine rings is 1. The van der Waals surface area contributed by atoms with E-state index in [2.05, 4.69) is 10.2 Å². The van der Waals surface area contributed by atoms with E-state index >= 15 is 0 Å². The third-order valence-electron chi connectivity index (χ3n) is 3.34. The average Bonchev–Trinajstić information content (AvgIpc) is 2.75. The number of likely N-dealkylation sites (tertiary alicyclic amines) is 1. The first-order valence-corrected chi connectivity index (χ1v) is 6.52. The molecular formula is C12H20N2O4. The van der Waals surface area contributed by atoms with Crippen molar-refractivity contribution in [2.24, 2.45) is 5.92 Å². The van der Waals surface area contributed by atoms with Crippen LogP contribution in [0.3, 0.4) is 0 Å². The van der Waals surface area contributed by atoms with Crippen molar-refractivity contribution >= 4 is 12.1 Å². The zero-order valence-electron chi connectivity index (χ0n) is 10.7. The third-order valence-corrected chi connectivity index (χ3v) is 3.34. The maximum absolute atomic E-state index is 11.7. The summed E-state index contributed by atoms with van der Waals surface area (Å²) in [6, 6.07) is 0. The molecule has 0 saturated carbocycles. The molecule has 2 atom stereocenters. The molecule has 1 N–H and O–H groups in total. The summed E-state index contributed by atoms with van der Waals surface area (Å²) >= 11 is 0. The van der Waals surface area contributed by atoms with Gasteiger partial charge in [0, 0.05) is 13.1 Å². The molecule has 102 valence electrons. The highest BCUT2D eigenvalue weighted by Gasteiger charge is 2.30. The lowest BCUT2D eigenvalue weighted by Gasteiger charge is -2.32. The van der Waals surface area contributed by atoms with Crippen LogP contribution in [-0.2, 0) is 14.3 Å². The van der Waals surface area contributed by atoms with Gasteiger partial charge >= 0.3 is 12.1 Å². The quantitative estimate of drug-likeness (QED) is 0.736. The summed E-state index contributed by atoms with van der Waals surface area (Å²) in [5.74, 6) is -0.146. The highest BCUT2D eigenvalue weighted by molar-refractivity contribution is 5.72. The van der Waals surface area contributed by atoms with E-state index in [0.29, 0.717) is 26.2 Å². The van der Waals surface area contributed by atoms with E-state index in [0.717, 1.165) is 19.4 Å². The molecule has 6 nitrogen and oxygen atoms in total. The lowest BCUT2D eigenvalue weighted by Crippen LogP contribution is -2.43. The zero-order chi connectivity index (χ0) is 13.0. The first kappa shape index (κ1) is 13.1. The van der Waals surface area contributed by atoms with Crippen LogP contribution in [0.5, 0.6) is 0 Å². The van der Waals surface area contributed by atoms with Crippen molar-refractivity contribution in [2.75, 3.05) is 32.8 Å². The molecule has 2 saturated heterocycles. The normalized spacial score (nSPS) is 28.6. The summed E-state index contributed by atoms with van der Waals surface area (Å²) in [5.41, 5.74) is 0. The fourth-order valence-corrected chi connectivity index (χ4v) is 2.50. The van der Waals surface area contributed by atoms with Gasteiger partial charge in [0.05, 0.1) is 19.1 Å². The molecule has 6 heteroatoms. The third kappa shape index (κ3) is 3.35. The zero-order valence-corrected chi connectivity index (χ0v) is 10.7. The van der Waals surface area contributed by atoms with Crippen LogP contribution >= 0.6 is 0 Å². The maximum Gasteiger partial charge on any atom is 0.407 e. The number of esters is 1. The first-order valence-electron chi connectivity index (χ1n) is 6.52. The summed E-state index contributed by atoms with van der Waals surface area (Å²) in [6.07, 6.45) is 1.42. The largest absolute Gasteiger partial charge is 0.466 e. The number of carbonyl (C=O) groups excluding carboxylic acids is 2. The lowest BCUT2D eigenvalue weighted by atomic mass is 9.98. The van der Waals surface area contributed by atoms with Crippen molar-refractivity contribution < 1.29 is 19.1 Å². The second-order valence-electron chi connectivity index (χ2n) is 4.76. The van der Waals surface area contributed by atoms with E-state index in [1.54, 1.807) is 0 Å². The summed E-state index contributed by atoms with van der Waals surface area (Å²) in [5, 5.41) is 2.63. The van der Waals surface area contributed by atoms with E-state index < -0.39 is 0 Å². The number of alkyl carbamates (subject to hydrolysis) is 1. The van der Waals surface area contributed by atoms with E-state index in [9.17, 15) is 9.59 Å². The molecule has 2 aliphatic heterocycles. The van der Waals surface area contributed by atoms with Gasteiger partial charge in [0.15, 0.2) is 0 Å². The maximum atomic E-state index is 11.7. The van der Waals surface area contributed by atoms with Crippen LogP contribution in [-0.4, -0.2) is 55.9 Å². The van der Waals surface area contributed by atoms with Crippen LogP contribution in [0.2, 0.25) is 0 Å². The number of cyclic esters (lactones) is 1. The Morgan fingerprint density at radius 3 is 3.11 bits per heavy atom. The molecule has 0 aromatic heterocycles. The van der Waals surface area contributed by atoms with Gasteiger partial charge in [-0.3, -0.25) is 9.69 Å². The molecule has 2 heterocycles. The fourth-order valence-electron chi connectivity index (χ4n) is 2.50. The molecular weight excluding hydrogens is 236 g/mol. The SMILES string of the molecule is CCOC(=O)C1CCCN(CC2CNC(=O)O2)C1. The average molecular weight is 256 g/mol. The number of nitrogens with zero attached hydrogens (tertiary/aromatic N) is 1. The van der Waals surface area contributed by atoms with E-state index in [1.165, 1.54) is 0 Å². The van der Waals surface area contributed by atoms with Crippen molar-refractivity contribution in [3.05, 3.63) is 0 Å². The minimum absolute atomic E-state index is 0.0382. The Balaban J connectivity index is 1.79. The van der Waals surface area contributed by atoms with Gasteiger partial charge in [-0.1, -0.05) is 0 Å². The van der Waals surface area contributed by atoms with E-state index in [4.69, 9.17) is 9.47 Å². The summed E-state index contributed by atoms with van der Waals surface area (Å²) in [6.45, 7) is 5.15. The Labute approximate surface area is 107 Å². The predicted molar refractivity (Wildman–Crippen MR) is 64.1 cm³/mol. The summed E-state index contributed by atoms with van der Waals surface area (Å²) < 4.78 is 10.2. The molecule has 18 heavy (non-hydrogen) atoms. The molecule has 0 aliphatic carbocycles. The van der Waals surface area contributed by atoms with Gasteiger partial charge in [-0.2, -0.15) is 0 Å². The molecule has 0 aromatic rings. The smallest absolute Gasteiger partial charge is 0.407 e. The minimum atomic E-state index is -0.348. The Bertz CT molecular complexity index is 321. The summed E-state index contributed by atoms with van der Waals surface area (Å²) in [4.78, 5) is 24.8. The van der Waals surface area contributed by atoms with Gasteiger partial charge in [0.1, 0.15) is 6.10 Å². The number of ether oxygens (including phenoxy) is 2. The van der Waals surface area contributed by atoms with Gasteiger partial charge in [-0.15, -0.1) is 0 Å². The number of carbonyl (C=O) groups is 2. The van der Waals surface area contributed by atoms with Crippen LogP contribution in [0.1, 0.15) is 19.8 Å². The first-order chi connectivity index (χ1) is 8.69. The Morgan fingerprint density at radius 1 is 1.61 bits per heavy atom. The topological polar surface area (TPSA) is 67.9 Å². The van der Waals surface area contributed by atoms with Crippen LogP contribution in [0.4, 0.5) is 4.79 Å². The Kier molecular flexibility index (Phi) is 4.41. The van der Waals surface area contributed by atoms with Crippen LogP contribution in [0.15, 0.2) is 0 Å². The van der Waals surface area contributed by atoms with Crippen molar-refractivity contribution in [3.8, 4) is 0 Å². The van der Waals surface area contributed by atoms with E-state index in [-0.39, 0.29) is 24.1 Å². The van der Waals surface area contributed by atoms with Gasteiger partial charge in [-0.05, 0) is 26.3 Å². The number of hydrogen-bond acceptors (Lipinski definition) is 5. The minimum Gasteiger partial charge on any atom is -0.466 e. The van der Waals surface area contributed by atoms with Gasteiger partial charge in [-0.25, -0.2) is 4.79 Å². The number of amides is 1. The Hall–Kier alpha value is -1.30. The molecule has 2 aliphatic rings. The summed E-state index contributed by atoms with van der Waals surface area (Å²) in [7, 11) is 0. The van der Waals surface area contributed by atoms with Crippen LogP contribution < -0.4 is 5.32 Å². The van der Waals surface area contributed by atoms with Crippen molar-refractivity contribution in [1.29, 1.82) is 0 Å². The van der Waals surface area contributed by atoms with Crippen LogP contribution in [0, 0.1) is 5.92 Å². The number of rotatable bonds is 4. The predicted octanol–water partition coefficient (Wildman–Crippen LogP) is 0.370. The fraction of sp³-hybridized carbons (Fsp3) is 0.833. The highest BCUT2D eigenvalue weighted by atomic mass is 16.6. The van der Waals surface area contributed by atoms with E-state index in [1.807, 2.05) is 6.92 Å². The second kappa shape index (κ2) is 6.04. The van der Waals surface area contributed by atoms with Crippen LogP contribution in [0.25, 0.3) is 0 Å². The number of hydrogen-bond donors (Lipinski definition) is 1. The molecule has 2 rings (SSSR count). The van der Waals surface area contributed by atoms with Crippen molar-refractivity contribution in [3.63, 3.8) is 0 Å². The highest BCUT2D eigenvalue weighted by Crippen LogP contribution is 2.18. The van der Waals surface area contributed by atoms with Crippen molar-refractivity contribution in [1.82, 2.24) is 10.2 Å². The molecule has 1 amide bonds. The van der Waals surface area contributed by atoms with Gasteiger partial charge in [0.2, 0.25) is 0 Å². The standard InChI is InChI=1S/C12H20N2O4/c1-2-17-11(15)9-4-3-5-14(7-9)8-10-6-13-12(16)18-10/h9-10H,2-8H2,1H3,(H,13,16). The monoisotopic (exact) mass is 256 g/mol. The molecule has 2 unspecified atom stereocenters. The molecule has 0 aromatic carbocycles. The molecule has 0 bridgehead atoms. The van der Waals surface area contributed by atoms with Crippen molar-refractivity contribution in [2.45, 2.75) is 25.9 Å². The molecule has 0 spiro atoms. The number of nitrogens with one attached hydrogen (secondary N) is 1. The second-order valence-corrected chi connectivity index (χ2v) is 4.76. The Morgan fingerprint density at radius 2 is 2.44 bits per heavy atom. The van der Waals surface area contributed by atoms with Gasteiger partial charge < -0.3 is 14.8 Å². The lowest BCUT2D eigenvalue weighted by molar-refractivity contribution is -0.150. The molecule has 2 fully saturated rings.